The van der Waals surface area contributed by atoms with Gasteiger partial charge in [0, 0.05) is 61.3 Å². The van der Waals surface area contributed by atoms with E-state index >= 15 is 0 Å². The quantitative estimate of drug-likeness (QED) is 0.489. The molecule has 0 atom stereocenters. The number of pyridine rings is 1. The molecular formula is C24H25N7O. The van der Waals surface area contributed by atoms with Crippen LogP contribution in [0.4, 0.5) is 5.82 Å². The number of aryl methyl sites for hydroxylation is 1. The Hall–Kier alpha value is -3.65. The van der Waals surface area contributed by atoms with Crippen LogP contribution < -0.4 is 10.6 Å². The van der Waals surface area contributed by atoms with Crippen molar-refractivity contribution in [1.82, 2.24) is 24.7 Å². The fraction of sp³-hybridized carbons (Fsp3) is 0.292. The predicted molar refractivity (Wildman–Crippen MR) is 123 cm³/mol. The number of aromatic nitrogens is 5. The highest BCUT2D eigenvalue weighted by atomic mass is 16.1. The third kappa shape index (κ3) is 4.22. The topological polar surface area (TPSA) is 103 Å². The molecule has 32 heavy (non-hydrogen) atoms. The molecule has 1 aliphatic heterocycles. The van der Waals surface area contributed by atoms with Crippen molar-refractivity contribution in [2.75, 3.05) is 18.0 Å². The Morgan fingerprint density at radius 1 is 1.09 bits per heavy atom. The Morgan fingerprint density at radius 3 is 2.72 bits per heavy atom. The van der Waals surface area contributed by atoms with Crippen LogP contribution in [-0.2, 0) is 13.5 Å². The molecule has 4 aromatic rings. The van der Waals surface area contributed by atoms with Crippen LogP contribution in [0.2, 0.25) is 0 Å². The van der Waals surface area contributed by atoms with Crippen molar-refractivity contribution >= 4 is 22.5 Å². The maximum absolute atomic E-state index is 13.0. The third-order valence-corrected chi connectivity index (χ3v) is 5.92. The van der Waals surface area contributed by atoms with Crippen LogP contribution in [-0.4, -0.2) is 49.6 Å². The molecule has 162 valence electrons. The maximum Gasteiger partial charge on any atom is 0.170 e. The molecule has 0 unspecified atom stereocenters. The molecule has 1 saturated heterocycles. The van der Waals surface area contributed by atoms with Crippen molar-refractivity contribution in [1.29, 1.82) is 0 Å². The molecule has 0 saturated carbocycles. The normalized spacial score (nSPS) is 14.8. The van der Waals surface area contributed by atoms with Crippen LogP contribution in [0.25, 0.3) is 22.0 Å². The lowest BCUT2D eigenvalue weighted by Gasteiger charge is -2.31. The minimum atomic E-state index is -0.0230. The highest BCUT2D eigenvalue weighted by Crippen LogP contribution is 2.23. The fourth-order valence-electron chi connectivity index (χ4n) is 4.04. The van der Waals surface area contributed by atoms with E-state index in [1.807, 2.05) is 43.7 Å². The summed E-state index contributed by atoms with van der Waals surface area (Å²) in [7, 11) is 1.89. The van der Waals surface area contributed by atoms with Crippen molar-refractivity contribution in [2.45, 2.75) is 25.3 Å². The molecule has 1 aromatic carbocycles. The average molecular weight is 428 g/mol. The maximum atomic E-state index is 13.0. The zero-order valence-corrected chi connectivity index (χ0v) is 18.0. The summed E-state index contributed by atoms with van der Waals surface area (Å²) in [6.45, 7) is 1.72. The van der Waals surface area contributed by atoms with E-state index in [0.29, 0.717) is 11.4 Å². The van der Waals surface area contributed by atoms with Gasteiger partial charge in [-0.05, 0) is 36.6 Å². The number of benzene rings is 1. The van der Waals surface area contributed by atoms with Crippen LogP contribution in [0.3, 0.4) is 0 Å². The first-order valence-electron chi connectivity index (χ1n) is 10.8. The largest absolute Gasteiger partial charge is 0.356 e. The van der Waals surface area contributed by atoms with E-state index in [9.17, 15) is 4.79 Å². The Kier molecular flexibility index (Phi) is 5.36. The van der Waals surface area contributed by atoms with Crippen molar-refractivity contribution in [3.05, 3.63) is 66.5 Å². The fourth-order valence-corrected chi connectivity index (χ4v) is 4.04. The van der Waals surface area contributed by atoms with E-state index in [-0.39, 0.29) is 18.2 Å². The van der Waals surface area contributed by atoms with Gasteiger partial charge in [0.25, 0.3) is 0 Å². The lowest BCUT2D eigenvalue weighted by atomic mass is 10.1. The molecule has 2 N–H and O–H groups in total. The number of nitrogens with zero attached hydrogens (tertiary/aromatic N) is 6. The smallest absolute Gasteiger partial charge is 0.170 e. The second-order valence-corrected chi connectivity index (χ2v) is 8.29. The first-order chi connectivity index (χ1) is 15.5. The van der Waals surface area contributed by atoms with Gasteiger partial charge in [-0.2, -0.15) is 5.10 Å². The minimum Gasteiger partial charge on any atom is -0.356 e. The number of carbonyl (C=O) groups is 1. The number of ketones is 1. The molecular weight excluding hydrogens is 402 g/mol. The average Bonchev–Trinajstić information content (AvgIpc) is 3.25. The first kappa shape index (κ1) is 20.3. The number of piperidine rings is 1. The molecule has 1 aliphatic rings. The molecule has 0 spiro atoms. The SMILES string of the molecule is Cn1cc(-c2ccc3cnc(CC(=O)c4ccnc(N5CCC(N)CC5)c4)nc3c2)cn1. The van der Waals surface area contributed by atoms with Crippen molar-refractivity contribution in [3.8, 4) is 11.1 Å². The summed E-state index contributed by atoms with van der Waals surface area (Å²) in [5.74, 6) is 1.31. The van der Waals surface area contributed by atoms with Crippen LogP contribution in [0, 0.1) is 0 Å². The zero-order valence-electron chi connectivity index (χ0n) is 18.0. The van der Waals surface area contributed by atoms with E-state index in [0.717, 1.165) is 53.8 Å². The number of fused-ring (bicyclic) bond motifs is 1. The molecule has 4 heterocycles. The molecule has 0 amide bonds. The van der Waals surface area contributed by atoms with E-state index in [4.69, 9.17) is 5.73 Å². The summed E-state index contributed by atoms with van der Waals surface area (Å²) in [5, 5.41) is 5.17. The molecule has 8 heteroatoms. The standard InChI is InChI=1S/C24H25N7O/c1-30-15-19(14-28-30)16-2-3-18-13-27-23(29-21(18)10-16)12-22(32)17-4-7-26-24(11-17)31-8-5-20(25)6-9-31/h2-4,7,10-11,13-15,20H,5-6,8-9,12,25H2,1H3. The van der Waals surface area contributed by atoms with Gasteiger partial charge in [-0.1, -0.05) is 12.1 Å². The monoisotopic (exact) mass is 427 g/mol. The molecule has 0 aliphatic carbocycles. The second-order valence-electron chi connectivity index (χ2n) is 8.29. The number of anilines is 1. The number of Topliss-reactive ketones (excluding diaryl/α,β-unsaturated/α-hetero) is 1. The lowest BCUT2D eigenvalue weighted by Crippen LogP contribution is -2.40. The predicted octanol–water partition coefficient (Wildman–Crippen LogP) is 2.78. The summed E-state index contributed by atoms with van der Waals surface area (Å²) in [6.07, 6.45) is 9.26. The molecule has 0 bridgehead atoms. The van der Waals surface area contributed by atoms with Crippen molar-refractivity contribution in [2.24, 2.45) is 12.8 Å². The lowest BCUT2D eigenvalue weighted by molar-refractivity contribution is 0.0991. The number of nitrogens with two attached hydrogens (primary N) is 1. The summed E-state index contributed by atoms with van der Waals surface area (Å²) in [5.41, 5.74) is 9.49. The Bertz CT molecular complexity index is 1270. The van der Waals surface area contributed by atoms with E-state index in [2.05, 4.69) is 25.0 Å². The summed E-state index contributed by atoms with van der Waals surface area (Å²) < 4.78 is 1.77. The van der Waals surface area contributed by atoms with Crippen LogP contribution in [0.5, 0.6) is 0 Å². The van der Waals surface area contributed by atoms with Gasteiger partial charge in [-0.15, -0.1) is 0 Å². The number of hydrogen-bond donors (Lipinski definition) is 1. The van der Waals surface area contributed by atoms with Gasteiger partial charge in [-0.3, -0.25) is 9.48 Å². The highest BCUT2D eigenvalue weighted by Gasteiger charge is 2.19. The zero-order chi connectivity index (χ0) is 22.1. The molecule has 3 aromatic heterocycles. The van der Waals surface area contributed by atoms with Gasteiger partial charge in [-0.25, -0.2) is 15.0 Å². The Morgan fingerprint density at radius 2 is 1.94 bits per heavy atom. The molecule has 0 radical (unpaired) electrons. The van der Waals surface area contributed by atoms with E-state index in [1.165, 1.54) is 0 Å². The minimum absolute atomic E-state index is 0.0230. The molecule has 1 fully saturated rings. The van der Waals surface area contributed by atoms with E-state index in [1.54, 1.807) is 23.1 Å². The third-order valence-electron chi connectivity index (χ3n) is 5.92. The molecule has 5 rings (SSSR count). The molecule has 8 nitrogen and oxygen atoms in total. The van der Waals surface area contributed by atoms with E-state index < -0.39 is 0 Å². The van der Waals surface area contributed by atoms with Gasteiger partial charge in [0.15, 0.2) is 5.78 Å². The van der Waals surface area contributed by atoms with Crippen molar-refractivity contribution < 1.29 is 4.79 Å². The Balaban J connectivity index is 1.36. The first-order valence-corrected chi connectivity index (χ1v) is 10.8. The summed E-state index contributed by atoms with van der Waals surface area (Å²) >= 11 is 0. The van der Waals surface area contributed by atoms with Gasteiger partial charge in [0.2, 0.25) is 0 Å². The summed E-state index contributed by atoms with van der Waals surface area (Å²) in [6, 6.07) is 9.89. The van der Waals surface area contributed by atoms with Gasteiger partial charge in [0.05, 0.1) is 18.1 Å². The number of carbonyl (C=O) groups excluding carboxylic acids is 1. The number of rotatable bonds is 5. The van der Waals surface area contributed by atoms with Gasteiger partial charge >= 0.3 is 0 Å². The van der Waals surface area contributed by atoms with Gasteiger partial charge < -0.3 is 10.6 Å². The van der Waals surface area contributed by atoms with Gasteiger partial charge in [0.1, 0.15) is 11.6 Å². The highest BCUT2D eigenvalue weighted by molar-refractivity contribution is 5.98. The number of hydrogen-bond acceptors (Lipinski definition) is 7. The second kappa shape index (κ2) is 8.47. The Labute approximate surface area is 186 Å². The van der Waals surface area contributed by atoms with Crippen LogP contribution in [0.15, 0.2) is 55.1 Å². The van der Waals surface area contributed by atoms with Crippen molar-refractivity contribution in [3.63, 3.8) is 0 Å². The summed E-state index contributed by atoms with van der Waals surface area (Å²) in [4.78, 5) is 28.7. The van der Waals surface area contributed by atoms with Crippen LogP contribution >= 0.6 is 0 Å². The van der Waals surface area contributed by atoms with Crippen LogP contribution in [0.1, 0.15) is 29.0 Å².